The van der Waals surface area contributed by atoms with Crippen molar-refractivity contribution in [2.75, 3.05) is 6.54 Å². The van der Waals surface area contributed by atoms with E-state index in [0.29, 0.717) is 13.1 Å². The Labute approximate surface area is 143 Å². The Balaban J connectivity index is 1.86. The number of hydrogen-bond donors (Lipinski definition) is 3. The van der Waals surface area contributed by atoms with E-state index in [1.807, 2.05) is 12.1 Å². The topological polar surface area (TPSA) is 69.6 Å². The molecule has 24 heavy (non-hydrogen) atoms. The molecule has 0 bridgehead atoms. The van der Waals surface area contributed by atoms with Gasteiger partial charge in [-0.15, -0.1) is 0 Å². The Hall–Kier alpha value is -2.17. The number of carboxylic acids is 1. The monoisotopic (exact) mass is 327 g/mol. The minimum absolute atomic E-state index is 0.101. The summed E-state index contributed by atoms with van der Waals surface area (Å²) in [5, 5.41) is 22.3. The summed E-state index contributed by atoms with van der Waals surface area (Å²) in [6, 6.07) is 14.8. The molecule has 2 aromatic carbocycles. The summed E-state index contributed by atoms with van der Waals surface area (Å²) < 4.78 is 0. The van der Waals surface area contributed by atoms with E-state index in [1.54, 1.807) is 24.3 Å². The average Bonchev–Trinajstić information content (AvgIpc) is 2.54. The normalized spacial score (nSPS) is 12.8. The Morgan fingerprint density at radius 2 is 1.62 bits per heavy atom. The Kier molecular flexibility index (Phi) is 5.75. The predicted molar refractivity (Wildman–Crippen MR) is 95.2 cm³/mol. The van der Waals surface area contributed by atoms with Crippen LogP contribution in [0.2, 0.25) is 0 Å². The zero-order chi connectivity index (χ0) is 17.7. The van der Waals surface area contributed by atoms with Crippen LogP contribution in [0.15, 0.2) is 48.5 Å². The van der Waals surface area contributed by atoms with Gasteiger partial charge in [0.25, 0.3) is 0 Å². The van der Waals surface area contributed by atoms with Crippen LogP contribution < -0.4 is 5.32 Å². The van der Waals surface area contributed by atoms with Crippen LogP contribution in [0.5, 0.6) is 0 Å². The molecule has 0 spiro atoms. The maximum Gasteiger partial charge on any atom is 0.335 e. The molecule has 0 aromatic heterocycles. The van der Waals surface area contributed by atoms with Crippen LogP contribution in [-0.4, -0.2) is 22.7 Å². The molecular weight excluding hydrogens is 302 g/mol. The summed E-state index contributed by atoms with van der Waals surface area (Å²) in [7, 11) is 0. The molecule has 0 aliphatic heterocycles. The van der Waals surface area contributed by atoms with E-state index in [-0.39, 0.29) is 11.0 Å². The zero-order valence-corrected chi connectivity index (χ0v) is 14.4. The van der Waals surface area contributed by atoms with Gasteiger partial charge in [0.2, 0.25) is 0 Å². The third-order valence-electron chi connectivity index (χ3n) is 4.03. The highest BCUT2D eigenvalue weighted by Gasteiger charge is 2.14. The Morgan fingerprint density at radius 3 is 2.12 bits per heavy atom. The summed E-state index contributed by atoms with van der Waals surface area (Å²) in [4.78, 5) is 10.8. The van der Waals surface area contributed by atoms with E-state index < -0.39 is 12.1 Å². The van der Waals surface area contributed by atoms with Gasteiger partial charge >= 0.3 is 5.97 Å². The van der Waals surface area contributed by atoms with Gasteiger partial charge in [0, 0.05) is 13.1 Å². The highest BCUT2D eigenvalue weighted by Crippen LogP contribution is 2.23. The van der Waals surface area contributed by atoms with Crippen LogP contribution in [0.1, 0.15) is 53.9 Å². The molecule has 0 heterocycles. The molecule has 0 saturated heterocycles. The molecule has 0 saturated carbocycles. The summed E-state index contributed by atoms with van der Waals surface area (Å²) in [6.45, 7) is 7.51. The van der Waals surface area contributed by atoms with Crippen molar-refractivity contribution in [2.45, 2.75) is 38.8 Å². The maximum atomic E-state index is 10.8. The number of nitrogens with one attached hydrogen (secondary N) is 1. The molecule has 0 aliphatic rings. The highest BCUT2D eigenvalue weighted by atomic mass is 16.4. The van der Waals surface area contributed by atoms with E-state index in [2.05, 4.69) is 38.2 Å². The van der Waals surface area contributed by atoms with Crippen LogP contribution in [0.4, 0.5) is 0 Å². The van der Waals surface area contributed by atoms with Crippen molar-refractivity contribution in [1.29, 1.82) is 0 Å². The van der Waals surface area contributed by atoms with Crippen molar-refractivity contribution in [3.05, 3.63) is 70.8 Å². The first kappa shape index (κ1) is 18.2. The van der Waals surface area contributed by atoms with E-state index in [9.17, 15) is 9.90 Å². The lowest BCUT2D eigenvalue weighted by Gasteiger charge is -2.20. The average molecular weight is 327 g/mol. The van der Waals surface area contributed by atoms with Crippen molar-refractivity contribution in [3.8, 4) is 0 Å². The van der Waals surface area contributed by atoms with Gasteiger partial charge in [-0.2, -0.15) is 0 Å². The maximum absolute atomic E-state index is 10.8. The van der Waals surface area contributed by atoms with E-state index in [4.69, 9.17) is 5.11 Å². The fourth-order valence-corrected chi connectivity index (χ4v) is 2.44. The van der Waals surface area contributed by atoms with Gasteiger partial charge in [-0.3, -0.25) is 0 Å². The zero-order valence-electron chi connectivity index (χ0n) is 14.4. The van der Waals surface area contributed by atoms with Crippen LogP contribution in [0.3, 0.4) is 0 Å². The van der Waals surface area contributed by atoms with Gasteiger partial charge in [0.15, 0.2) is 0 Å². The third kappa shape index (κ3) is 4.91. The lowest BCUT2D eigenvalue weighted by atomic mass is 9.86. The first-order valence-corrected chi connectivity index (χ1v) is 8.09. The van der Waals surface area contributed by atoms with Crippen LogP contribution in [-0.2, 0) is 12.0 Å². The third-order valence-corrected chi connectivity index (χ3v) is 4.03. The van der Waals surface area contributed by atoms with Gasteiger partial charge in [0.05, 0.1) is 11.7 Å². The molecule has 2 rings (SSSR count). The second-order valence-corrected chi connectivity index (χ2v) is 7.02. The van der Waals surface area contributed by atoms with Crippen LogP contribution in [0, 0.1) is 0 Å². The van der Waals surface area contributed by atoms with Crippen molar-refractivity contribution in [1.82, 2.24) is 5.32 Å². The SMILES string of the molecule is CC(C)(C)c1ccc(C(O)CNCc2ccc(C(=O)O)cc2)cc1. The molecule has 0 fully saturated rings. The minimum atomic E-state index is -0.927. The molecule has 1 atom stereocenters. The lowest BCUT2D eigenvalue weighted by molar-refractivity contribution is 0.0697. The fourth-order valence-electron chi connectivity index (χ4n) is 2.44. The number of carboxylic acid groups (broad SMARTS) is 1. The molecule has 0 amide bonds. The largest absolute Gasteiger partial charge is 0.478 e. The van der Waals surface area contributed by atoms with Crippen LogP contribution >= 0.6 is 0 Å². The second-order valence-electron chi connectivity index (χ2n) is 7.02. The summed E-state index contributed by atoms with van der Waals surface area (Å²) >= 11 is 0. The molecule has 4 heteroatoms. The van der Waals surface area contributed by atoms with E-state index >= 15 is 0 Å². The Morgan fingerprint density at radius 1 is 1.04 bits per heavy atom. The molecular formula is C20H25NO3. The first-order chi connectivity index (χ1) is 11.3. The van der Waals surface area contributed by atoms with E-state index in [0.717, 1.165) is 11.1 Å². The van der Waals surface area contributed by atoms with E-state index in [1.165, 1.54) is 5.56 Å². The number of benzene rings is 2. The highest BCUT2D eigenvalue weighted by molar-refractivity contribution is 5.87. The smallest absolute Gasteiger partial charge is 0.335 e. The second kappa shape index (κ2) is 7.60. The first-order valence-electron chi connectivity index (χ1n) is 8.09. The van der Waals surface area contributed by atoms with Crippen LogP contribution in [0.25, 0.3) is 0 Å². The lowest BCUT2D eigenvalue weighted by Crippen LogP contribution is -2.21. The number of rotatable bonds is 6. The summed E-state index contributed by atoms with van der Waals surface area (Å²) in [5.74, 6) is -0.927. The van der Waals surface area contributed by atoms with Gasteiger partial charge < -0.3 is 15.5 Å². The standard InChI is InChI=1S/C20H25NO3/c1-20(2,3)17-10-8-15(9-11-17)18(22)13-21-12-14-4-6-16(7-5-14)19(23)24/h4-11,18,21-22H,12-13H2,1-3H3,(H,23,24). The predicted octanol–water partition coefficient (Wildman–Crippen LogP) is 3.51. The quantitative estimate of drug-likeness (QED) is 0.759. The van der Waals surface area contributed by atoms with Crippen molar-refractivity contribution >= 4 is 5.97 Å². The molecule has 0 radical (unpaired) electrons. The molecule has 2 aromatic rings. The summed E-state index contributed by atoms with van der Waals surface area (Å²) in [6.07, 6.45) is -0.572. The number of carbonyl (C=O) groups is 1. The minimum Gasteiger partial charge on any atom is -0.478 e. The molecule has 0 aliphatic carbocycles. The van der Waals surface area contributed by atoms with Crippen molar-refractivity contribution in [2.24, 2.45) is 0 Å². The molecule has 128 valence electrons. The Bertz CT molecular complexity index is 670. The number of aliphatic hydroxyl groups excluding tert-OH is 1. The van der Waals surface area contributed by atoms with Gasteiger partial charge in [-0.1, -0.05) is 57.2 Å². The van der Waals surface area contributed by atoms with Gasteiger partial charge in [-0.25, -0.2) is 4.79 Å². The number of hydrogen-bond acceptors (Lipinski definition) is 3. The molecule has 4 nitrogen and oxygen atoms in total. The summed E-state index contributed by atoms with van der Waals surface area (Å²) in [5.41, 5.74) is 3.48. The van der Waals surface area contributed by atoms with Gasteiger partial charge in [0.1, 0.15) is 0 Å². The number of aromatic carboxylic acids is 1. The van der Waals surface area contributed by atoms with Gasteiger partial charge in [-0.05, 0) is 34.2 Å². The molecule has 1 unspecified atom stereocenters. The van der Waals surface area contributed by atoms with Crippen molar-refractivity contribution < 1.29 is 15.0 Å². The van der Waals surface area contributed by atoms with Crippen molar-refractivity contribution in [3.63, 3.8) is 0 Å². The fraction of sp³-hybridized carbons (Fsp3) is 0.350. The number of aliphatic hydroxyl groups is 1. The molecule has 3 N–H and O–H groups in total.